The van der Waals surface area contributed by atoms with Gasteiger partial charge in [0.2, 0.25) is 5.91 Å². The Bertz CT molecular complexity index is 647. The predicted octanol–water partition coefficient (Wildman–Crippen LogP) is 1.78. The maximum absolute atomic E-state index is 11.9. The van der Waals surface area contributed by atoms with Gasteiger partial charge in [-0.15, -0.1) is 0 Å². The number of amides is 2. The van der Waals surface area contributed by atoms with E-state index in [2.05, 4.69) is 48.6 Å². The maximum atomic E-state index is 11.9. The molecule has 0 aliphatic carbocycles. The van der Waals surface area contributed by atoms with Crippen LogP contribution in [0.4, 0.5) is 0 Å². The Balaban J connectivity index is 2.49. The smallest absolute Gasteiger partial charge is 0.251 e. The minimum absolute atomic E-state index is 0.169. The van der Waals surface area contributed by atoms with Crippen molar-refractivity contribution in [3.05, 3.63) is 35.4 Å². The van der Waals surface area contributed by atoms with Crippen LogP contribution in [0.25, 0.3) is 0 Å². The lowest BCUT2D eigenvalue weighted by atomic mass is 9.89. The number of nitrogens with zero attached hydrogens (tertiary/aromatic N) is 1. The largest absolute Gasteiger partial charge is 0.368 e. The highest BCUT2D eigenvalue weighted by Gasteiger charge is 2.13. The molecule has 1 aromatic rings. The van der Waals surface area contributed by atoms with Crippen LogP contribution in [-0.4, -0.2) is 37.4 Å². The lowest BCUT2D eigenvalue weighted by Crippen LogP contribution is -2.42. The molecule has 0 radical (unpaired) electrons. The maximum Gasteiger partial charge on any atom is 0.251 e. The zero-order valence-corrected chi connectivity index (χ0v) is 17.1. The molecule has 0 saturated carbocycles. The molecule has 2 amide bonds. The molecule has 1 unspecified atom stereocenters. The van der Waals surface area contributed by atoms with E-state index in [4.69, 9.17) is 5.73 Å². The molecule has 7 nitrogen and oxygen atoms in total. The van der Waals surface area contributed by atoms with Crippen LogP contribution in [0.3, 0.4) is 0 Å². The first-order valence-electron chi connectivity index (χ1n) is 9.23. The summed E-state index contributed by atoms with van der Waals surface area (Å²) >= 11 is 0. The van der Waals surface area contributed by atoms with E-state index in [1.165, 1.54) is 0 Å². The van der Waals surface area contributed by atoms with Crippen molar-refractivity contribution < 1.29 is 9.59 Å². The molecule has 1 atom stereocenters. The number of aliphatic imine (C=N–C) groups is 1. The van der Waals surface area contributed by atoms with E-state index in [-0.39, 0.29) is 12.5 Å². The van der Waals surface area contributed by atoms with Gasteiger partial charge < -0.3 is 21.7 Å². The number of hydrogen-bond donors (Lipinski definition) is 4. The highest BCUT2D eigenvalue weighted by atomic mass is 16.2. The molecule has 0 aliphatic heterocycles. The number of nitrogens with two attached hydrogens (primary N) is 1. The second-order valence-corrected chi connectivity index (χ2v) is 7.92. The van der Waals surface area contributed by atoms with Gasteiger partial charge in [0.15, 0.2) is 5.96 Å². The Hall–Kier alpha value is -2.57. The first-order chi connectivity index (χ1) is 12.6. The first kappa shape index (κ1) is 22.5. The third-order valence-electron chi connectivity index (χ3n) is 4.03. The van der Waals surface area contributed by atoms with Gasteiger partial charge in [-0.3, -0.25) is 14.6 Å². The molecular formula is C20H33N5O2. The number of primary amides is 1. The van der Waals surface area contributed by atoms with Crippen LogP contribution in [0.15, 0.2) is 29.3 Å². The Morgan fingerprint density at radius 2 is 1.78 bits per heavy atom. The zero-order chi connectivity index (χ0) is 20.4. The fraction of sp³-hybridized carbons (Fsp3) is 0.550. The second kappa shape index (κ2) is 10.5. The van der Waals surface area contributed by atoms with Gasteiger partial charge in [-0.05, 0) is 42.9 Å². The van der Waals surface area contributed by atoms with E-state index in [9.17, 15) is 9.59 Å². The molecule has 1 aromatic carbocycles. The monoisotopic (exact) mass is 375 g/mol. The number of guanidine groups is 1. The molecule has 0 fully saturated rings. The van der Waals surface area contributed by atoms with Gasteiger partial charge in [-0.1, -0.05) is 32.9 Å². The Morgan fingerprint density at radius 1 is 1.15 bits per heavy atom. The average Bonchev–Trinajstić information content (AvgIpc) is 2.61. The molecule has 0 heterocycles. The molecule has 1 rings (SSSR count). The van der Waals surface area contributed by atoms with Crippen molar-refractivity contribution in [1.82, 2.24) is 16.0 Å². The molecule has 0 aromatic heterocycles. The molecule has 0 bridgehead atoms. The zero-order valence-electron chi connectivity index (χ0n) is 17.1. The fourth-order valence-electron chi connectivity index (χ4n) is 2.38. The minimum Gasteiger partial charge on any atom is -0.368 e. The highest BCUT2D eigenvalue weighted by Crippen LogP contribution is 2.21. The number of rotatable bonds is 8. The van der Waals surface area contributed by atoms with E-state index in [1.54, 1.807) is 19.2 Å². The summed E-state index contributed by atoms with van der Waals surface area (Å²) in [5, 5.41) is 9.14. The number of hydrogen-bond acceptors (Lipinski definition) is 3. The standard InChI is InChI=1S/C20H33N5O2/c1-14(10-11-20(2,3)4)25-19(22-5)24-12-15-6-8-16(9-7-15)18(27)23-13-17(21)26/h6-9,14H,10-13H2,1-5H3,(H2,21,26)(H,23,27)(H2,22,24,25). The molecule has 0 saturated heterocycles. The van der Waals surface area contributed by atoms with Crippen molar-refractivity contribution in [2.75, 3.05) is 13.6 Å². The van der Waals surface area contributed by atoms with E-state index in [0.717, 1.165) is 24.4 Å². The second-order valence-electron chi connectivity index (χ2n) is 7.92. The molecular weight excluding hydrogens is 342 g/mol. The van der Waals surface area contributed by atoms with Crippen molar-refractivity contribution in [2.45, 2.75) is 53.1 Å². The van der Waals surface area contributed by atoms with Crippen LogP contribution in [0.5, 0.6) is 0 Å². The third kappa shape index (κ3) is 9.63. The van der Waals surface area contributed by atoms with Crippen LogP contribution in [0.2, 0.25) is 0 Å². The summed E-state index contributed by atoms with van der Waals surface area (Å²) in [7, 11) is 1.75. The van der Waals surface area contributed by atoms with Gasteiger partial charge >= 0.3 is 0 Å². The molecule has 0 aliphatic rings. The van der Waals surface area contributed by atoms with Crippen LogP contribution < -0.4 is 21.7 Å². The van der Waals surface area contributed by atoms with Crippen LogP contribution in [0, 0.1) is 5.41 Å². The van der Waals surface area contributed by atoms with Gasteiger partial charge in [0.05, 0.1) is 6.54 Å². The van der Waals surface area contributed by atoms with Crippen molar-refractivity contribution in [2.24, 2.45) is 16.1 Å². The van der Waals surface area contributed by atoms with Gasteiger partial charge in [-0.2, -0.15) is 0 Å². The third-order valence-corrected chi connectivity index (χ3v) is 4.03. The van der Waals surface area contributed by atoms with Crippen LogP contribution in [-0.2, 0) is 11.3 Å². The summed E-state index contributed by atoms with van der Waals surface area (Å²) in [5.41, 5.74) is 6.84. The van der Waals surface area contributed by atoms with Gasteiger partial charge in [-0.25, -0.2) is 0 Å². The van der Waals surface area contributed by atoms with Crippen molar-refractivity contribution in [1.29, 1.82) is 0 Å². The summed E-state index contributed by atoms with van der Waals surface area (Å²) in [4.78, 5) is 26.8. The number of benzene rings is 1. The topological polar surface area (TPSA) is 109 Å². The highest BCUT2D eigenvalue weighted by molar-refractivity contribution is 5.96. The predicted molar refractivity (Wildman–Crippen MR) is 109 cm³/mol. The van der Waals surface area contributed by atoms with Gasteiger partial charge in [0, 0.05) is 25.2 Å². The lowest BCUT2D eigenvalue weighted by Gasteiger charge is -2.23. The summed E-state index contributed by atoms with van der Waals surface area (Å²) in [6, 6.07) is 7.49. The summed E-state index contributed by atoms with van der Waals surface area (Å²) in [5.74, 6) is -0.141. The lowest BCUT2D eigenvalue weighted by molar-refractivity contribution is -0.117. The van der Waals surface area contributed by atoms with Crippen LogP contribution in [0.1, 0.15) is 56.5 Å². The minimum atomic E-state index is -0.570. The summed E-state index contributed by atoms with van der Waals surface area (Å²) < 4.78 is 0. The average molecular weight is 376 g/mol. The first-order valence-corrected chi connectivity index (χ1v) is 9.23. The molecule has 5 N–H and O–H groups in total. The quantitative estimate of drug-likeness (QED) is 0.410. The van der Waals surface area contributed by atoms with Crippen molar-refractivity contribution in [3.63, 3.8) is 0 Å². The van der Waals surface area contributed by atoms with Crippen molar-refractivity contribution in [3.8, 4) is 0 Å². The SMILES string of the molecule is CN=C(NCc1ccc(C(=O)NCC(N)=O)cc1)NC(C)CCC(C)(C)C. The molecule has 7 heteroatoms. The summed E-state index contributed by atoms with van der Waals surface area (Å²) in [6.07, 6.45) is 2.21. The van der Waals surface area contributed by atoms with E-state index >= 15 is 0 Å². The Labute approximate surface area is 162 Å². The summed E-state index contributed by atoms with van der Waals surface area (Å²) in [6.45, 7) is 9.30. The van der Waals surface area contributed by atoms with Gasteiger partial charge in [0.25, 0.3) is 5.91 Å². The van der Waals surface area contributed by atoms with Gasteiger partial charge in [0.1, 0.15) is 0 Å². The van der Waals surface area contributed by atoms with E-state index < -0.39 is 5.91 Å². The molecule has 27 heavy (non-hydrogen) atoms. The van der Waals surface area contributed by atoms with E-state index in [0.29, 0.717) is 23.6 Å². The van der Waals surface area contributed by atoms with Crippen molar-refractivity contribution >= 4 is 17.8 Å². The number of nitrogens with one attached hydrogen (secondary N) is 3. The fourth-order valence-corrected chi connectivity index (χ4v) is 2.38. The molecule has 150 valence electrons. The van der Waals surface area contributed by atoms with E-state index in [1.807, 2.05) is 12.1 Å². The normalized spacial score (nSPS) is 13.0. The Morgan fingerprint density at radius 3 is 2.30 bits per heavy atom. The molecule has 0 spiro atoms. The van der Waals surface area contributed by atoms with Crippen LogP contribution >= 0.6 is 0 Å². The Kier molecular flexibility index (Phi) is 8.78. The number of carbonyl (C=O) groups excluding carboxylic acids is 2. The number of carbonyl (C=O) groups is 2.